The number of methoxy groups -OCH3 is 1. The Labute approximate surface area is 209 Å². The van der Waals surface area contributed by atoms with Crippen LogP contribution in [0.3, 0.4) is 0 Å². The third kappa shape index (κ3) is 3.09. The summed E-state index contributed by atoms with van der Waals surface area (Å²) in [6.45, 7) is 5.67. The molecule has 1 aliphatic rings. The highest BCUT2D eigenvalue weighted by Gasteiger charge is 2.47. The van der Waals surface area contributed by atoms with Gasteiger partial charge in [-0.05, 0) is 78.1 Å². The molecule has 0 bridgehead atoms. The molecular weight excluding hydrogens is 448 g/mol. The smallest absolute Gasteiger partial charge is 0.308 e. The van der Waals surface area contributed by atoms with E-state index in [-0.39, 0.29) is 5.97 Å². The monoisotopic (exact) mass is 474 g/mol. The Hall–Kier alpha value is -4.38. The number of hydrogen-bond acceptors (Lipinski definition) is 4. The molecular formula is C31H26N2O3. The van der Waals surface area contributed by atoms with Crippen LogP contribution in [0.25, 0.3) is 22.4 Å². The summed E-state index contributed by atoms with van der Waals surface area (Å²) in [5.74, 6) is 1.91. The van der Waals surface area contributed by atoms with Gasteiger partial charge in [-0.25, -0.2) is 4.98 Å². The lowest BCUT2D eigenvalue weighted by molar-refractivity contribution is -0.131. The lowest BCUT2D eigenvalue weighted by Crippen LogP contribution is -2.34. The number of nitrogens with zero attached hydrogens (tertiary/aromatic N) is 2. The molecule has 0 fully saturated rings. The van der Waals surface area contributed by atoms with Crippen LogP contribution in [0.5, 0.6) is 11.5 Å². The van der Waals surface area contributed by atoms with E-state index < -0.39 is 5.54 Å². The summed E-state index contributed by atoms with van der Waals surface area (Å²) in [6, 6.07) is 28.9. The van der Waals surface area contributed by atoms with Crippen molar-refractivity contribution in [3.8, 4) is 22.9 Å². The van der Waals surface area contributed by atoms with Crippen LogP contribution in [0.2, 0.25) is 0 Å². The number of carbonyl (C=O) groups is 1. The van der Waals surface area contributed by atoms with E-state index in [1.165, 1.54) is 18.1 Å². The van der Waals surface area contributed by atoms with Crippen LogP contribution in [0.4, 0.5) is 0 Å². The molecule has 1 unspecified atom stereocenters. The zero-order valence-corrected chi connectivity index (χ0v) is 20.7. The van der Waals surface area contributed by atoms with E-state index >= 15 is 0 Å². The first-order valence-corrected chi connectivity index (χ1v) is 12.0. The van der Waals surface area contributed by atoms with Gasteiger partial charge in [0.2, 0.25) is 0 Å². The van der Waals surface area contributed by atoms with Crippen molar-refractivity contribution in [2.45, 2.75) is 26.3 Å². The Morgan fingerprint density at radius 3 is 2.08 bits per heavy atom. The molecule has 5 heteroatoms. The highest BCUT2D eigenvalue weighted by atomic mass is 16.5. The minimum Gasteiger partial charge on any atom is -0.497 e. The van der Waals surface area contributed by atoms with Crippen molar-refractivity contribution in [3.05, 3.63) is 113 Å². The number of hydrogen-bond donors (Lipinski definition) is 0. The summed E-state index contributed by atoms with van der Waals surface area (Å²) in [7, 11) is 1.68. The SMILES string of the molecule is COc1ccc(C2(c3ccc(OC(C)=O)cc3)c3ccccc3-c3nc4cc(C)c(C)cc4n32)cc1. The first-order chi connectivity index (χ1) is 17.4. The van der Waals surface area contributed by atoms with Crippen LogP contribution in [0.1, 0.15) is 34.7 Å². The number of ether oxygens (including phenoxy) is 2. The van der Waals surface area contributed by atoms with Crippen molar-refractivity contribution in [1.82, 2.24) is 9.55 Å². The Morgan fingerprint density at radius 1 is 0.833 bits per heavy atom. The van der Waals surface area contributed by atoms with Crippen molar-refractivity contribution in [2.75, 3.05) is 7.11 Å². The normalized spacial score (nSPS) is 16.0. The highest BCUT2D eigenvalue weighted by molar-refractivity contribution is 5.88. The van der Waals surface area contributed by atoms with E-state index in [1.807, 2.05) is 36.4 Å². The highest BCUT2D eigenvalue weighted by Crippen LogP contribution is 2.53. The predicted molar refractivity (Wildman–Crippen MR) is 141 cm³/mol. The third-order valence-corrected chi connectivity index (χ3v) is 7.20. The zero-order chi connectivity index (χ0) is 25.0. The molecule has 0 amide bonds. The van der Waals surface area contributed by atoms with Gasteiger partial charge in [-0.3, -0.25) is 4.79 Å². The van der Waals surface area contributed by atoms with Gasteiger partial charge in [0.15, 0.2) is 0 Å². The molecule has 5 aromatic rings. The van der Waals surface area contributed by atoms with Gasteiger partial charge >= 0.3 is 5.97 Å². The fraction of sp³-hybridized carbons (Fsp3) is 0.161. The molecule has 0 N–H and O–H groups in total. The number of fused-ring (bicyclic) bond motifs is 5. The van der Waals surface area contributed by atoms with Crippen molar-refractivity contribution in [2.24, 2.45) is 0 Å². The summed E-state index contributed by atoms with van der Waals surface area (Å²) < 4.78 is 13.2. The Kier molecular flexibility index (Phi) is 4.97. The van der Waals surface area contributed by atoms with Crippen LogP contribution in [0, 0.1) is 13.8 Å². The van der Waals surface area contributed by atoms with Crippen LogP contribution in [-0.2, 0) is 10.3 Å². The largest absolute Gasteiger partial charge is 0.497 e. The third-order valence-electron chi connectivity index (χ3n) is 7.20. The number of aromatic nitrogens is 2. The number of aryl methyl sites for hydroxylation is 2. The fourth-order valence-electron chi connectivity index (χ4n) is 5.47. The van der Waals surface area contributed by atoms with Crippen molar-refractivity contribution in [1.29, 1.82) is 0 Å². The molecule has 6 rings (SSSR count). The van der Waals surface area contributed by atoms with Crippen molar-refractivity contribution >= 4 is 17.0 Å². The molecule has 2 heterocycles. The minimum atomic E-state index is -0.677. The van der Waals surface area contributed by atoms with E-state index in [4.69, 9.17) is 14.5 Å². The van der Waals surface area contributed by atoms with Gasteiger partial charge < -0.3 is 14.0 Å². The second-order valence-electron chi connectivity index (χ2n) is 9.30. The number of carbonyl (C=O) groups excluding carboxylic acids is 1. The molecule has 4 aromatic carbocycles. The van der Waals surface area contributed by atoms with Gasteiger partial charge in [-0.2, -0.15) is 0 Å². The van der Waals surface area contributed by atoms with Gasteiger partial charge in [-0.1, -0.05) is 48.5 Å². The van der Waals surface area contributed by atoms with Gasteiger partial charge in [0.1, 0.15) is 22.9 Å². The molecule has 178 valence electrons. The second-order valence-corrected chi connectivity index (χ2v) is 9.30. The van der Waals surface area contributed by atoms with E-state index in [1.54, 1.807) is 7.11 Å². The van der Waals surface area contributed by atoms with Crippen LogP contribution < -0.4 is 9.47 Å². The van der Waals surface area contributed by atoms with Crippen molar-refractivity contribution < 1.29 is 14.3 Å². The average Bonchev–Trinajstić information content (AvgIpc) is 3.38. The summed E-state index contributed by atoms with van der Waals surface area (Å²) in [4.78, 5) is 16.7. The molecule has 5 nitrogen and oxygen atoms in total. The first kappa shape index (κ1) is 22.1. The first-order valence-electron chi connectivity index (χ1n) is 12.0. The lowest BCUT2D eigenvalue weighted by Gasteiger charge is -2.35. The molecule has 0 saturated carbocycles. The van der Waals surface area contributed by atoms with Gasteiger partial charge in [0.05, 0.1) is 18.1 Å². The van der Waals surface area contributed by atoms with E-state index in [2.05, 4.69) is 66.9 Å². The average molecular weight is 475 g/mol. The molecule has 0 saturated heterocycles. The molecule has 0 spiro atoms. The quantitative estimate of drug-likeness (QED) is 0.219. The lowest BCUT2D eigenvalue weighted by atomic mass is 9.77. The zero-order valence-electron chi connectivity index (χ0n) is 20.7. The Morgan fingerprint density at radius 2 is 1.44 bits per heavy atom. The van der Waals surface area contributed by atoms with Gasteiger partial charge in [-0.15, -0.1) is 0 Å². The molecule has 0 aliphatic carbocycles. The summed E-state index contributed by atoms with van der Waals surface area (Å²) in [5, 5.41) is 0. The predicted octanol–water partition coefficient (Wildman–Crippen LogP) is 6.41. The van der Waals surface area contributed by atoms with Crippen LogP contribution in [0.15, 0.2) is 84.9 Å². The van der Waals surface area contributed by atoms with Gasteiger partial charge in [0, 0.05) is 12.5 Å². The standard InChI is InChI=1S/C31H26N2O3/c1-19-17-28-29(18-20(19)2)33-30(32-28)26-7-5-6-8-27(26)31(33,22-9-13-24(35-4)14-10-22)23-11-15-25(16-12-23)36-21(3)34/h5-18H,1-4H3. The number of benzene rings is 4. The van der Waals surface area contributed by atoms with E-state index in [0.29, 0.717) is 5.75 Å². The maximum atomic E-state index is 11.6. The topological polar surface area (TPSA) is 53.4 Å². The molecule has 1 aliphatic heterocycles. The molecule has 36 heavy (non-hydrogen) atoms. The second kappa shape index (κ2) is 8.09. The maximum Gasteiger partial charge on any atom is 0.308 e. The number of imidazole rings is 1. The van der Waals surface area contributed by atoms with Crippen LogP contribution in [-0.4, -0.2) is 22.6 Å². The summed E-state index contributed by atoms with van der Waals surface area (Å²) in [6.07, 6.45) is 0. The maximum absolute atomic E-state index is 11.6. The van der Waals surface area contributed by atoms with Crippen molar-refractivity contribution in [3.63, 3.8) is 0 Å². The van der Waals surface area contributed by atoms with E-state index in [9.17, 15) is 4.79 Å². The minimum absolute atomic E-state index is 0.340. The Bertz CT molecular complexity index is 1630. The Balaban J connectivity index is 1.74. The molecule has 0 radical (unpaired) electrons. The van der Waals surface area contributed by atoms with E-state index in [0.717, 1.165) is 44.9 Å². The number of esters is 1. The fourth-order valence-corrected chi connectivity index (χ4v) is 5.47. The number of rotatable bonds is 4. The molecule has 1 atom stereocenters. The summed E-state index contributed by atoms with van der Waals surface area (Å²) >= 11 is 0. The van der Waals surface area contributed by atoms with Gasteiger partial charge in [0.25, 0.3) is 0 Å². The van der Waals surface area contributed by atoms with Crippen LogP contribution >= 0.6 is 0 Å². The summed E-state index contributed by atoms with van der Waals surface area (Å²) in [5.41, 5.74) is 8.19. The molecule has 1 aromatic heterocycles.